The second-order valence-corrected chi connectivity index (χ2v) is 19.1. The van der Waals surface area contributed by atoms with Crippen molar-refractivity contribution in [3.8, 4) is 5.75 Å². The lowest BCUT2D eigenvalue weighted by atomic mass is 9.47. The number of ether oxygens (including phenoxy) is 4. The Morgan fingerprint density at radius 3 is 2.42 bits per heavy atom. The van der Waals surface area contributed by atoms with Gasteiger partial charge in [0.25, 0.3) is 0 Å². The predicted molar refractivity (Wildman–Crippen MR) is 229 cm³/mol. The van der Waals surface area contributed by atoms with Crippen LogP contribution in [0.4, 0.5) is 20.2 Å². The van der Waals surface area contributed by atoms with E-state index in [1.165, 1.54) is 28.3 Å². The zero-order chi connectivity index (χ0) is 44.5. The number of methoxy groups -OCH3 is 3. The number of piperidine rings is 1. The predicted octanol–water partition coefficient (Wildman–Crippen LogP) is 5.14. The molecule has 62 heavy (non-hydrogen) atoms. The third kappa shape index (κ3) is 5.55. The number of halogens is 2. The third-order valence-electron chi connectivity index (χ3n) is 15.9. The Bertz CT molecular complexity index is 2380. The minimum atomic E-state index is -2.95. The van der Waals surface area contributed by atoms with Crippen LogP contribution in [0.5, 0.6) is 5.75 Å². The van der Waals surface area contributed by atoms with Gasteiger partial charge < -0.3 is 38.8 Å². The molecule has 0 amide bonds. The molecule has 13 nitrogen and oxygen atoms in total. The van der Waals surface area contributed by atoms with Crippen LogP contribution in [0, 0.1) is 17.3 Å². The fraction of sp³-hybridized carbons (Fsp3) is 0.596. The first-order chi connectivity index (χ1) is 29.4. The summed E-state index contributed by atoms with van der Waals surface area (Å²) in [5, 5.41) is 14.2. The van der Waals surface area contributed by atoms with Gasteiger partial charge in [0.15, 0.2) is 6.10 Å². The van der Waals surface area contributed by atoms with E-state index in [0.29, 0.717) is 61.7 Å². The number of carbonyl (C=O) groups is 3. The molecule has 6 heterocycles. The Morgan fingerprint density at radius 1 is 1.03 bits per heavy atom. The molecule has 5 aliphatic heterocycles. The molecular formula is C47H59F2N5O8. The van der Waals surface area contributed by atoms with E-state index in [2.05, 4.69) is 20.9 Å². The van der Waals surface area contributed by atoms with Crippen molar-refractivity contribution < 1.29 is 47.2 Å². The maximum absolute atomic E-state index is 15.5. The number of aromatic nitrogens is 1. The van der Waals surface area contributed by atoms with Gasteiger partial charge in [-0.05, 0) is 80.5 Å². The highest BCUT2D eigenvalue weighted by molar-refractivity contribution is 5.96. The zero-order valence-electron chi connectivity index (χ0n) is 37.1. The molecule has 1 spiro atoms. The van der Waals surface area contributed by atoms with E-state index in [9.17, 15) is 14.7 Å². The van der Waals surface area contributed by atoms with Crippen LogP contribution < -0.4 is 14.5 Å². The van der Waals surface area contributed by atoms with Gasteiger partial charge in [0.2, 0.25) is 11.5 Å². The molecule has 2 unspecified atom stereocenters. The zero-order valence-corrected chi connectivity index (χ0v) is 37.1. The van der Waals surface area contributed by atoms with Gasteiger partial charge in [0, 0.05) is 117 Å². The summed E-state index contributed by atoms with van der Waals surface area (Å²) in [6.45, 7) is 6.50. The van der Waals surface area contributed by atoms with Gasteiger partial charge in [-0.1, -0.05) is 19.1 Å². The molecule has 1 aromatic heterocycles. The summed E-state index contributed by atoms with van der Waals surface area (Å²) in [5.41, 5.74) is -0.811. The van der Waals surface area contributed by atoms with Crippen molar-refractivity contribution in [2.24, 2.45) is 17.3 Å². The van der Waals surface area contributed by atoms with E-state index in [1.54, 1.807) is 0 Å². The smallest absolute Gasteiger partial charge is 0.344 e. The SMILES string of the molecule is CC[C@]12C=CCN3CC[C@@]4(c5cc([C@@]6(C(=O)OC)C[C@H]7CC(C(C)(F)F)CN(Cc8c6[nH]c6ccc(N(C)C)cc86)C7)c(OC)cc5N(C)[C@H]4[C@@](O)(C(=O)OC)[C@@H]1OC(C)=O)[C@@H]32. The number of esters is 3. The standard InChI is InChI=1S/C47H59F2N5O8/c1-10-44-14-11-16-54-17-15-45(38(44)54)32-20-33(36(59-7)21-35(32)52(6)39(45)47(58,42(57)61-9)40(44)62-26(2)55)46(41(56)60-8)22-27-18-28(43(3,48)49)24-53(23-27)25-31-30-19-29(51(4)5)12-13-34(30)50-37(31)46/h11-14,19-21,27-28,38-40,50,58H,10,15-18,22-25H2,1-9H3/t27-,28?,38+,39-,40-,44-,45-,46+,47+/m1/s1. The maximum Gasteiger partial charge on any atom is 0.344 e. The number of benzene rings is 2. The van der Waals surface area contributed by atoms with Gasteiger partial charge in [-0.15, -0.1) is 0 Å². The number of carbonyl (C=O) groups excluding carboxylic acids is 3. The summed E-state index contributed by atoms with van der Waals surface area (Å²) in [7, 11) is 9.86. The van der Waals surface area contributed by atoms with Crippen LogP contribution in [-0.4, -0.2) is 136 Å². The Kier molecular flexibility index (Phi) is 9.88. The van der Waals surface area contributed by atoms with Crippen LogP contribution in [0.25, 0.3) is 10.9 Å². The van der Waals surface area contributed by atoms with E-state index in [4.69, 9.17) is 18.9 Å². The Balaban J connectivity index is 1.36. The minimum Gasteiger partial charge on any atom is -0.496 e. The van der Waals surface area contributed by atoms with Crippen LogP contribution in [0.15, 0.2) is 42.5 Å². The number of H-pyrrole nitrogens is 1. The van der Waals surface area contributed by atoms with E-state index in [1.807, 2.05) is 74.3 Å². The molecule has 15 heteroatoms. The molecule has 3 aromatic rings. The van der Waals surface area contributed by atoms with Crippen molar-refractivity contribution in [3.05, 3.63) is 64.9 Å². The topological polar surface area (TPSA) is 137 Å². The second kappa shape index (κ2) is 14.4. The van der Waals surface area contributed by atoms with E-state index >= 15 is 13.6 Å². The van der Waals surface area contributed by atoms with Gasteiger partial charge >= 0.3 is 17.9 Å². The van der Waals surface area contributed by atoms with Crippen LogP contribution >= 0.6 is 0 Å². The average Bonchev–Trinajstić information content (AvgIpc) is 3.89. The molecule has 2 aromatic carbocycles. The number of aromatic amines is 1. The second-order valence-electron chi connectivity index (χ2n) is 19.1. The monoisotopic (exact) mass is 859 g/mol. The van der Waals surface area contributed by atoms with Gasteiger partial charge in [-0.3, -0.25) is 19.4 Å². The molecule has 6 aliphatic rings. The number of hydrogen-bond acceptors (Lipinski definition) is 12. The van der Waals surface area contributed by atoms with Gasteiger partial charge in [-0.25, -0.2) is 13.6 Å². The van der Waals surface area contributed by atoms with Crippen molar-refractivity contribution in [2.45, 2.75) is 93.5 Å². The number of aliphatic hydroxyl groups is 1. The first-order valence-electron chi connectivity index (χ1n) is 21.7. The van der Waals surface area contributed by atoms with Crippen LogP contribution in [0.1, 0.15) is 68.8 Å². The van der Waals surface area contributed by atoms with Crippen molar-refractivity contribution in [1.82, 2.24) is 14.8 Å². The highest BCUT2D eigenvalue weighted by Gasteiger charge is 2.80. The van der Waals surface area contributed by atoms with Crippen LogP contribution in [-0.2, 0) is 46.0 Å². The lowest BCUT2D eigenvalue weighted by Crippen LogP contribution is -2.81. The Labute approximate surface area is 361 Å². The third-order valence-corrected chi connectivity index (χ3v) is 15.9. The molecule has 3 fully saturated rings. The van der Waals surface area contributed by atoms with E-state index in [0.717, 1.165) is 34.6 Å². The number of anilines is 2. The van der Waals surface area contributed by atoms with Crippen molar-refractivity contribution in [2.75, 3.05) is 78.5 Å². The van der Waals surface area contributed by atoms with Gasteiger partial charge in [0.1, 0.15) is 11.2 Å². The van der Waals surface area contributed by atoms with Gasteiger partial charge in [-0.2, -0.15) is 0 Å². The van der Waals surface area contributed by atoms with Crippen molar-refractivity contribution >= 4 is 40.2 Å². The lowest BCUT2D eigenvalue weighted by Gasteiger charge is -2.63. The van der Waals surface area contributed by atoms with E-state index < -0.39 is 63.7 Å². The highest BCUT2D eigenvalue weighted by Crippen LogP contribution is 2.68. The molecule has 2 N–H and O–H groups in total. The minimum absolute atomic E-state index is 0.141. The summed E-state index contributed by atoms with van der Waals surface area (Å²) in [6.07, 6.45) is 4.00. The maximum atomic E-state index is 15.5. The van der Waals surface area contributed by atoms with Crippen LogP contribution in [0.2, 0.25) is 0 Å². The first-order valence-corrected chi connectivity index (χ1v) is 21.7. The molecule has 9 rings (SSSR count). The van der Waals surface area contributed by atoms with Crippen molar-refractivity contribution in [3.63, 3.8) is 0 Å². The number of nitrogens with zero attached hydrogens (tertiary/aromatic N) is 4. The number of fused-ring (bicyclic) bond motifs is 6. The quantitative estimate of drug-likeness (QED) is 0.176. The Hall–Kier alpha value is -4.73. The molecule has 334 valence electrons. The number of likely N-dealkylation sites (N-methyl/N-ethyl adjacent to an activating group) is 1. The first kappa shape index (κ1) is 42.6. The van der Waals surface area contributed by atoms with Crippen LogP contribution in [0.3, 0.4) is 0 Å². The van der Waals surface area contributed by atoms with Gasteiger partial charge in [0.05, 0.1) is 27.4 Å². The number of hydrogen-bond donors (Lipinski definition) is 2. The average molecular weight is 860 g/mol. The molecule has 1 aliphatic carbocycles. The molecule has 1 saturated carbocycles. The van der Waals surface area contributed by atoms with Crippen molar-refractivity contribution in [1.29, 1.82) is 0 Å². The molecule has 10 atom stereocenters. The molecule has 2 saturated heterocycles. The molecule has 0 radical (unpaired) electrons. The van der Waals surface area contributed by atoms with E-state index in [-0.39, 0.29) is 31.3 Å². The summed E-state index contributed by atoms with van der Waals surface area (Å²) < 4.78 is 54.7. The normalized spacial score (nSPS) is 34.6. The summed E-state index contributed by atoms with van der Waals surface area (Å²) in [6, 6.07) is 8.60. The number of alkyl halides is 2. The highest BCUT2D eigenvalue weighted by atomic mass is 19.3. The molecular weight excluding hydrogens is 801 g/mol. The largest absolute Gasteiger partial charge is 0.496 e. The molecule has 2 bridgehead atoms. The number of nitrogens with one attached hydrogen (secondary N) is 1. The fourth-order valence-corrected chi connectivity index (χ4v) is 13.5. The lowest BCUT2D eigenvalue weighted by molar-refractivity contribution is -0.228. The number of rotatable bonds is 8. The fourth-order valence-electron chi connectivity index (χ4n) is 13.5. The summed E-state index contributed by atoms with van der Waals surface area (Å²) in [4.78, 5) is 54.8. The summed E-state index contributed by atoms with van der Waals surface area (Å²) >= 11 is 0. The Morgan fingerprint density at radius 2 is 1.77 bits per heavy atom. The summed E-state index contributed by atoms with van der Waals surface area (Å²) in [5.74, 6) is -5.99.